The van der Waals surface area contributed by atoms with Crippen molar-refractivity contribution in [3.8, 4) is 0 Å². The fourth-order valence-electron chi connectivity index (χ4n) is 1.78. The van der Waals surface area contributed by atoms with E-state index in [1.807, 2.05) is 0 Å². The fourth-order valence-corrected chi connectivity index (χ4v) is 1.78. The first-order chi connectivity index (χ1) is 6.11. The van der Waals surface area contributed by atoms with Gasteiger partial charge in [-0.15, -0.1) is 0 Å². The lowest BCUT2D eigenvalue weighted by Crippen LogP contribution is -2.21. The molecule has 1 atom stereocenters. The van der Waals surface area contributed by atoms with E-state index in [2.05, 4.69) is 6.58 Å². The van der Waals surface area contributed by atoms with E-state index in [9.17, 15) is 9.59 Å². The van der Waals surface area contributed by atoms with Gasteiger partial charge in [0.2, 0.25) is 0 Å². The molecular formula is C11H16O2. The number of carbonyl (C=O) groups is 2. The first-order valence-electron chi connectivity index (χ1n) is 4.81. The number of carbonyl (C=O) groups excluding carboxylic acids is 2. The van der Waals surface area contributed by atoms with E-state index in [1.165, 1.54) is 0 Å². The Labute approximate surface area is 79.0 Å². The summed E-state index contributed by atoms with van der Waals surface area (Å²) in [4.78, 5) is 22.2. The van der Waals surface area contributed by atoms with E-state index < -0.39 is 0 Å². The Kier molecular flexibility index (Phi) is 3.40. The molecule has 1 saturated carbocycles. The molecule has 0 heterocycles. The molecule has 1 aliphatic rings. The molecule has 0 N–H and O–H groups in total. The predicted molar refractivity (Wildman–Crippen MR) is 51.4 cm³/mol. The molecular weight excluding hydrogens is 164 g/mol. The van der Waals surface area contributed by atoms with Crippen molar-refractivity contribution in [2.24, 2.45) is 5.92 Å². The largest absolute Gasteiger partial charge is 0.300 e. The highest BCUT2D eigenvalue weighted by atomic mass is 16.1. The van der Waals surface area contributed by atoms with Gasteiger partial charge in [0.05, 0.1) is 0 Å². The Bertz CT molecular complexity index is 224. The lowest BCUT2D eigenvalue weighted by Gasteiger charge is -2.22. The van der Waals surface area contributed by atoms with E-state index in [0.29, 0.717) is 19.3 Å². The van der Waals surface area contributed by atoms with Gasteiger partial charge in [0.1, 0.15) is 11.6 Å². The van der Waals surface area contributed by atoms with Gasteiger partial charge in [-0.25, -0.2) is 0 Å². The first kappa shape index (κ1) is 10.2. The zero-order valence-electron chi connectivity index (χ0n) is 8.14. The van der Waals surface area contributed by atoms with Crippen LogP contribution in [0.15, 0.2) is 12.2 Å². The molecule has 72 valence electrons. The molecule has 13 heavy (non-hydrogen) atoms. The Balaban J connectivity index is 2.49. The Morgan fingerprint density at radius 1 is 1.54 bits per heavy atom. The molecule has 0 saturated heterocycles. The van der Waals surface area contributed by atoms with Gasteiger partial charge in [-0.2, -0.15) is 0 Å². The van der Waals surface area contributed by atoms with Crippen LogP contribution < -0.4 is 0 Å². The van der Waals surface area contributed by atoms with Crippen molar-refractivity contribution in [2.45, 2.75) is 39.0 Å². The maximum atomic E-state index is 11.4. The maximum Gasteiger partial charge on any atom is 0.140 e. The van der Waals surface area contributed by atoms with Crippen LogP contribution in [-0.2, 0) is 9.59 Å². The van der Waals surface area contributed by atoms with Gasteiger partial charge >= 0.3 is 0 Å². The number of hydrogen-bond acceptors (Lipinski definition) is 2. The monoisotopic (exact) mass is 180 g/mol. The van der Waals surface area contributed by atoms with Crippen LogP contribution in [-0.4, -0.2) is 11.6 Å². The first-order valence-corrected chi connectivity index (χ1v) is 4.81. The van der Waals surface area contributed by atoms with Crippen molar-refractivity contribution in [1.29, 1.82) is 0 Å². The van der Waals surface area contributed by atoms with E-state index in [0.717, 1.165) is 18.4 Å². The minimum atomic E-state index is -0.0300. The van der Waals surface area contributed by atoms with E-state index in [4.69, 9.17) is 0 Å². The number of ketones is 2. The third kappa shape index (κ3) is 2.79. The van der Waals surface area contributed by atoms with Gasteiger partial charge in [-0.3, -0.25) is 4.79 Å². The summed E-state index contributed by atoms with van der Waals surface area (Å²) in [5, 5.41) is 0. The minimum absolute atomic E-state index is 0.0300. The highest BCUT2D eigenvalue weighted by Gasteiger charge is 2.24. The summed E-state index contributed by atoms with van der Waals surface area (Å²) in [6.07, 6.45) is 3.74. The van der Waals surface area contributed by atoms with Gasteiger partial charge < -0.3 is 4.79 Å². The van der Waals surface area contributed by atoms with Crippen molar-refractivity contribution >= 4 is 11.6 Å². The second-order valence-electron chi connectivity index (χ2n) is 3.77. The molecule has 0 bridgehead atoms. The molecule has 0 spiro atoms. The molecule has 0 aliphatic heterocycles. The van der Waals surface area contributed by atoms with Gasteiger partial charge in [0, 0.05) is 18.8 Å². The number of rotatable bonds is 3. The van der Waals surface area contributed by atoms with E-state index in [-0.39, 0.29) is 17.5 Å². The summed E-state index contributed by atoms with van der Waals surface area (Å²) in [7, 11) is 0. The summed E-state index contributed by atoms with van der Waals surface area (Å²) < 4.78 is 0. The van der Waals surface area contributed by atoms with Gasteiger partial charge in [0.15, 0.2) is 0 Å². The Morgan fingerprint density at radius 2 is 2.23 bits per heavy atom. The van der Waals surface area contributed by atoms with Crippen LogP contribution in [0.5, 0.6) is 0 Å². The number of hydrogen-bond donors (Lipinski definition) is 0. The lowest BCUT2D eigenvalue weighted by atomic mass is 9.81. The topological polar surface area (TPSA) is 34.1 Å². The van der Waals surface area contributed by atoms with Crippen LogP contribution in [0.1, 0.15) is 39.0 Å². The van der Waals surface area contributed by atoms with Crippen molar-refractivity contribution < 1.29 is 9.59 Å². The maximum absolute atomic E-state index is 11.4. The molecule has 0 aromatic carbocycles. The van der Waals surface area contributed by atoms with Gasteiger partial charge in [-0.1, -0.05) is 12.2 Å². The van der Waals surface area contributed by atoms with E-state index in [1.54, 1.807) is 6.92 Å². The lowest BCUT2D eigenvalue weighted by molar-refractivity contribution is -0.123. The Morgan fingerprint density at radius 3 is 2.77 bits per heavy atom. The van der Waals surface area contributed by atoms with Gasteiger partial charge in [-0.05, 0) is 26.2 Å². The standard InChI is InChI=1S/C11H16O2/c1-8-4-3-5-11(13)10(8)7-6-9(2)12/h10H,1,3-7H2,2H3. The summed E-state index contributed by atoms with van der Waals surface area (Å²) >= 11 is 0. The third-order valence-corrected chi connectivity index (χ3v) is 2.59. The predicted octanol–water partition coefficient (Wildman–Crippen LogP) is 2.28. The quantitative estimate of drug-likeness (QED) is 0.624. The summed E-state index contributed by atoms with van der Waals surface area (Å²) in [5.41, 5.74) is 1.03. The molecule has 0 aromatic rings. The second kappa shape index (κ2) is 4.35. The van der Waals surface area contributed by atoms with Crippen LogP contribution in [0.2, 0.25) is 0 Å². The van der Waals surface area contributed by atoms with Gasteiger partial charge in [0.25, 0.3) is 0 Å². The van der Waals surface area contributed by atoms with Crippen molar-refractivity contribution in [1.82, 2.24) is 0 Å². The molecule has 0 amide bonds. The molecule has 0 radical (unpaired) electrons. The molecule has 2 heteroatoms. The van der Waals surface area contributed by atoms with Crippen LogP contribution >= 0.6 is 0 Å². The smallest absolute Gasteiger partial charge is 0.140 e. The minimum Gasteiger partial charge on any atom is -0.300 e. The highest BCUT2D eigenvalue weighted by molar-refractivity contribution is 5.85. The van der Waals surface area contributed by atoms with Crippen LogP contribution in [0.25, 0.3) is 0 Å². The third-order valence-electron chi connectivity index (χ3n) is 2.59. The zero-order chi connectivity index (χ0) is 9.84. The van der Waals surface area contributed by atoms with E-state index >= 15 is 0 Å². The average Bonchev–Trinajstić information content (AvgIpc) is 2.03. The van der Waals surface area contributed by atoms with Crippen LogP contribution in [0, 0.1) is 5.92 Å². The van der Waals surface area contributed by atoms with Crippen LogP contribution in [0.4, 0.5) is 0 Å². The molecule has 2 nitrogen and oxygen atoms in total. The SMILES string of the molecule is C=C1CCCC(=O)C1CCC(C)=O. The Hall–Kier alpha value is -0.920. The van der Waals surface area contributed by atoms with Crippen molar-refractivity contribution in [3.63, 3.8) is 0 Å². The second-order valence-corrected chi connectivity index (χ2v) is 3.77. The molecule has 1 unspecified atom stereocenters. The molecule has 1 aliphatic carbocycles. The summed E-state index contributed by atoms with van der Waals surface area (Å²) in [6, 6.07) is 0. The number of Topliss-reactive ketones (excluding diaryl/α,β-unsaturated/α-hetero) is 2. The normalized spacial score (nSPS) is 23.3. The van der Waals surface area contributed by atoms with Crippen molar-refractivity contribution in [2.75, 3.05) is 0 Å². The zero-order valence-corrected chi connectivity index (χ0v) is 8.14. The van der Waals surface area contributed by atoms with Crippen LogP contribution in [0.3, 0.4) is 0 Å². The summed E-state index contributed by atoms with van der Waals surface area (Å²) in [5.74, 6) is 0.404. The highest BCUT2D eigenvalue weighted by Crippen LogP contribution is 2.28. The molecule has 1 fully saturated rings. The molecule has 1 rings (SSSR count). The average molecular weight is 180 g/mol. The van der Waals surface area contributed by atoms with Crippen molar-refractivity contribution in [3.05, 3.63) is 12.2 Å². The molecule has 0 aromatic heterocycles. The fraction of sp³-hybridized carbons (Fsp3) is 0.636. The number of allylic oxidation sites excluding steroid dienone is 1. The summed E-state index contributed by atoms with van der Waals surface area (Å²) in [6.45, 7) is 5.46.